The molecule has 0 bridgehead atoms. The normalized spacial score (nSPS) is 14.0. The Bertz CT molecular complexity index is 761. The fraction of sp³-hybridized carbons (Fsp3) is 0.353. The van der Waals surface area contributed by atoms with E-state index in [1.807, 2.05) is 31.3 Å². The van der Waals surface area contributed by atoms with Crippen LogP contribution >= 0.6 is 12.4 Å². The summed E-state index contributed by atoms with van der Waals surface area (Å²) in [6.45, 7) is 0.864. The molecule has 0 saturated heterocycles. The molecule has 3 rings (SSSR count). The molecule has 2 heterocycles. The molecule has 0 fully saturated rings. The Morgan fingerprint density at radius 2 is 2.12 bits per heavy atom. The van der Waals surface area contributed by atoms with Crippen molar-refractivity contribution in [2.24, 2.45) is 7.05 Å². The summed E-state index contributed by atoms with van der Waals surface area (Å²) in [6, 6.07) is 7.30. The molecule has 8 heteroatoms. The number of para-hydroxylation sites is 1. The van der Waals surface area contributed by atoms with Gasteiger partial charge in [-0.15, -0.1) is 12.4 Å². The quantitative estimate of drug-likeness (QED) is 0.796. The van der Waals surface area contributed by atoms with Crippen molar-refractivity contribution in [1.82, 2.24) is 20.4 Å². The van der Waals surface area contributed by atoms with Crippen LogP contribution in [0.15, 0.2) is 36.7 Å². The summed E-state index contributed by atoms with van der Waals surface area (Å²) in [5.74, 6) is -0.0618. The third-order valence-electron chi connectivity index (χ3n) is 4.17. The summed E-state index contributed by atoms with van der Waals surface area (Å²) in [5.41, 5.74) is 2.78. The van der Waals surface area contributed by atoms with Gasteiger partial charge in [0, 0.05) is 37.6 Å². The number of nitrogens with zero attached hydrogens (tertiary/aromatic N) is 3. The molecule has 25 heavy (non-hydrogen) atoms. The lowest BCUT2D eigenvalue weighted by molar-refractivity contribution is -0.123. The summed E-state index contributed by atoms with van der Waals surface area (Å²) < 4.78 is 1.66. The van der Waals surface area contributed by atoms with Gasteiger partial charge in [0.15, 0.2) is 0 Å². The van der Waals surface area contributed by atoms with E-state index in [9.17, 15) is 9.59 Å². The first kappa shape index (κ1) is 19.0. The van der Waals surface area contributed by atoms with Gasteiger partial charge < -0.3 is 15.5 Å². The summed E-state index contributed by atoms with van der Waals surface area (Å²) in [4.78, 5) is 26.2. The molecule has 7 nitrogen and oxygen atoms in total. The predicted molar refractivity (Wildman–Crippen MR) is 97.8 cm³/mol. The largest absolute Gasteiger partial charge is 0.353 e. The molecule has 134 valence electrons. The van der Waals surface area contributed by atoms with Crippen LogP contribution in [0.1, 0.15) is 17.2 Å². The molecule has 0 spiro atoms. The first-order chi connectivity index (χ1) is 11.6. The van der Waals surface area contributed by atoms with Gasteiger partial charge in [0.25, 0.3) is 0 Å². The van der Waals surface area contributed by atoms with E-state index in [4.69, 9.17) is 0 Å². The maximum Gasteiger partial charge on any atom is 0.241 e. The molecule has 2 aromatic rings. The van der Waals surface area contributed by atoms with Crippen molar-refractivity contribution in [2.45, 2.75) is 12.5 Å². The lowest BCUT2D eigenvalue weighted by Gasteiger charge is -2.19. The average Bonchev–Trinajstić information content (AvgIpc) is 3.12. The smallest absolute Gasteiger partial charge is 0.241 e. The van der Waals surface area contributed by atoms with Gasteiger partial charge in [-0.05, 0) is 18.7 Å². The van der Waals surface area contributed by atoms with Crippen LogP contribution in [0.4, 0.5) is 5.69 Å². The van der Waals surface area contributed by atoms with E-state index >= 15 is 0 Å². The second kappa shape index (κ2) is 8.13. The number of nitrogens with one attached hydrogen (secondary N) is 2. The van der Waals surface area contributed by atoms with Crippen molar-refractivity contribution in [3.05, 3.63) is 47.8 Å². The molecule has 1 atom stereocenters. The highest BCUT2D eigenvalue weighted by Gasteiger charge is 2.26. The Morgan fingerprint density at radius 1 is 1.36 bits per heavy atom. The van der Waals surface area contributed by atoms with Crippen LogP contribution < -0.4 is 15.5 Å². The second-order valence-electron chi connectivity index (χ2n) is 5.81. The number of aryl methyl sites for hydroxylation is 1. The van der Waals surface area contributed by atoms with Gasteiger partial charge in [0.1, 0.15) is 6.04 Å². The maximum absolute atomic E-state index is 12.4. The molecular weight excluding hydrogens is 342 g/mol. The molecule has 1 aromatic carbocycles. The first-order valence-electron chi connectivity index (χ1n) is 7.92. The number of rotatable bonds is 6. The highest BCUT2D eigenvalue weighted by Crippen LogP contribution is 2.27. The van der Waals surface area contributed by atoms with Gasteiger partial charge in [0.2, 0.25) is 11.8 Å². The van der Waals surface area contributed by atoms with Crippen LogP contribution in [0.25, 0.3) is 0 Å². The molecule has 1 unspecified atom stereocenters. The molecule has 2 N–H and O–H groups in total. The number of aromatic nitrogens is 2. The number of amides is 2. The SMILES string of the molecule is CNC(C(=O)NCCN1C(=O)Cc2ccccc21)c1cnn(C)c1.Cl. The Hall–Kier alpha value is -2.38. The number of likely N-dealkylation sites (N-methyl/N-ethyl adjacent to an activating group) is 1. The maximum atomic E-state index is 12.4. The second-order valence-corrected chi connectivity index (χ2v) is 5.81. The Labute approximate surface area is 152 Å². The standard InChI is InChI=1S/C17H21N5O2.ClH/c1-18-16(13-10-20-21(2)11-13)17(24)19-7-8-22-14-6-4-3-5-12(14)9-15(22)23;/h3-6,10-11,16,18H,7-9H2,1-2H3,(H,19,24);1H. The van der Waals surface area contributed by atoms with Crippen molar-refractivity contribution in [1.29, 1.82) is 0 Å². The van der Waals surface area contributed by atoms with Crippen LogP contribution in [0, 0.1) is 0 Å². The molecule has 0 saturated carbocycles. The van der Waals surface area contributed by atoms with Gasteiger partial charge in [0.05, 0.1) is 12.6 Å². The third-order valence-corrected chi connectivity index (χ3v) is 4.17. The van der Waals surface area contributed by atoms with Crippen LogP contribution in [0.3, 0.4) is 0 Å². The number of benzene rings is 1. The van der Waals surface area contributed by atoms with Crippen molar-refractivity contribution < 1.29 is 9.59 Å². The van der Waals surface area contributed by atoms with Gasteiger partial charge >= 0.3 is 0 Å². The number of carbonyl (C=O) groups excluding carboxylic acids is 2. The van der Waals surface area contributed by atoms with Crippen molar-refractivity contribution >= 4 is 29.9 Å². The van der Waals surface area contributed by atoms with E-state index in [0.29, 0.717) is 19.5 Å². The summed E-state index contributed by atoms with van der Waals surface area (Å²) in [7, 11) is 3.54. The number of carbonyl (C=O) groups is 2. The summed E-state index contributed by atoms with van der Waals surface area (Å²) >= 11 is 0. The van der Waals surface area contributed by atoms with Crippen molar-refractivity contribution in [2.75, 3.05) is 25.0 Å². The first-order valence-corrected chi connectivity index (χ1v) is 7.92. The topological polar surface area (TPSA) is 79.3 Å². The number of halogens is 1. The molecule has 0 aliphatic carbocycles. The molecule has 2 amide bonds. The highest BCUT2D eigenvalue weighted by molar-refractivity contribution is 6.01. The van der Waals surface area contributed by atoms with Crippen LogP contribution in [0.2, 0.25) is 0 Å². The third kappa shape index (κ3) is 4.00. The number of hydrogen-bond donors (Lipinski definition) is 2. The summed E-state index contributed by atoms with van der Waals surface area (Å²) in [5, 5.41) is 9.97. The van der Waals surface area contributed by atoms with Gasteiger partial charge in [-0.1, -0.05) is 18.2 Å². The monoisotopic (exact) mass is 363 g/mol. The number of fused-ring (bicyclic) bond motifs is 1. The van der Waals surface area contributed by atoms with Crippen LogP contribution in [-0.4, -0.2) is 41.7 Å². The zero-order valence-electron chi connectivity index (χ0n) is 14.2. The lowest BCUT2D eigenvalue weighted by atomic mass is 10.1. The average molecular weight is 364 g/mol. The van der Waals surface area contributed by atoms with Crippen LogP contribution in [-0.2, 0) is 23.1 Å². The van der Waals surface area contributed by atoms with E-state index in [1.165, 1.54) is 0 Å². The van der Waals surface area contributed by atoms with Gasteiger partial charge in [-0.25, -0.2) is 0 Å². The van der Waals surface area contributed by atoms with E-state index in [2.05, 4.69) is 15.7 Å². The van der Waals surface area contributed by atoms with E-state index in [1.54, 1.807) is 29.0 Å². The van der Waals surface area contributed by atoms with Gasteiger partial charge in [-0.3, -0.25) is 14.3 Å². The minimum atomic E-state index is -0.458. The molecule has 1 aromatic heterocycles. The molecule has 0 radical (unpaired) electrons. The number of anilines is 1. The zero-order valence-corrected chi connectivity index (χ0v) is 15.0. The summed E-state index contributed by atoms with van der Waals surface area (Å²) in [6.07, 6.45) is 3.90. The van der Waals surface area contributed by atoms with E-state index in [0.717, 1.165) is 16.8 Å². The zero-order chi connectivity index (χ0) is 17.1. The highest BCUT2D eigenvalue weighted by atomic mass is 35.5. The molecule has 1 aliphatic rings. The Morgan fingerprint density at radius 3 is 2.80 bits per heavy atom. The van der Waals surface area contributed by atoms with E-state index < -0.39 is 6.04 Å². The molecular formula is C17H22ClN5O2. The lowest BCUT2D eigenvalue weighted by Crippen LogP contribution is -2.41. The Kier molecular flexibility index (Phi) is 6.17. The molecule has 1 aliphatic heterocycles. The minimum Gasteiger partial charge on any atom is -0.353 e. The fourth-order valence-corrected chi connectivity index (χ4v) is 2.99. The van der Waals surface area contributed by atoms with Crippen LogP contribution in [0.5, 0.6) is 0 Å². The Balaban J connectivity index is 0.00000225. The fourth-order valence-electron chi connectivity index (χ4n) is 2.99. The van der Waals surface area contributed by atoms with E-state index in [-0.39, 0.29) is 24.2 Å². The predicted octanol–water partition coefficient (Wildman–Crippen LogP) is 0.808. The number of hydrogen-bond acceptors (Lipinski definition) is 4. The van der Waals surface area contributed by atoms with Crippen molar-refractivity contribution in [3.63, 3.8) is 0 Å². The van der Waals surface area contributed by atoms with Crippen molar-refractivity contribution in [3.8, 4) is 0 Å². The minimum absolute atomic E-state index is 0. The van der Waals surface area contributed by atoms with Gasteiger partial charge in [-0.2, -0.15) is 5.10 Å².